The lowest BCUT2D eigenvalue weighted by atomic mass is 10.1. The van der Waals surface area contributed by atoms with Gasteiger partial charge in [0.25, 0.3) is 5.91 Å². The average molecular weight is 366 g/mol. The predicted molar refractivity (Wildman–Crippen MR) is 102 cm³/mol. The summed E-state index contributed by atoms with van der Waals surface area (Å²) in [6.07, 6.45) is 1.91. The van der Waals surface area contributed by atoms with Crippen molar-refractivity contribution in [1.82, 2.24) is 9.88 Å². The molecule has 0 aliphatic rings. The van der Waals surface area contributed by atoms with E-state index in [-0.39, 0.29) is 18.9 Å². The lowest BCUT2D eigenvalue weighted by Gasteiger charge is -2.18. The third-order valence-corrected chi connectivity index (χ3v) is 4.39. The van der Waals surface area contributed by atoms with Crippen molar-refractivity contribution in [1.29, 1.82) is 0 Å². The van der Waals surface area contributed by atoms with Gasteiger partial charge in [-0.25, -0.2) is 0 Å². The van der Waals surface area contributed by atoms with Crippen molar-refractivity contribution >= 4 is 22.8 Å². The van der Waals surface area contributed by atoms with Crippen molar-refractivity contribution < 1.29 is 19.1 Å². The number of para-hydroxylation sites is 2. The van der Waals surface area contributed by atoms with Crippen LogP contribution in [0, 0.1) is 0 Å². The zero-order chi connectivity index (χ0) is 19.2. The van der Waals surface area contributed by atoms with Gasteiger partial charge in [0.05, 0.1) is 13.5 Å². The molecule has 6 nitrogen and oxygen atoms in total. The van der Waals surface area contributed by atoms with Gasteiger partial charge in [-0.05, 0) is 17.7 Å². The fourth-order valence-electron chi connectivity index (χ4n) is 2.91. The monoisotopic (exact) mass is 366 g/mol. The van der Waals surface area contributed by atoms with E-state index < -0.39 is 5.97 Å². The molecule has 3 aromatic rings. The van der Waals surface area contributed by atoms with Crippen molar-refractivity contribution in [3.63, 3.8) is 0 Å². The molecule has 140 valence electrons. The highest BCUT2D eigenvalue weighted by Crippen LogP contribution is 2.19. The minimum Gasteiger partial charge on any atom is -0.496 e. The number of methoxy groups -OCH3 is 1. The summed E-state index contributed by atoms with van der Waals surface area (Å²) >= 11 is 0. The number of ether oxygens (including phenoxy) is 2. The number of amides is 1. The molecule has 0 radical (unpaired) electrons. The second-order valence-electron chi connectivity index (χ2n) is 6.26. The van der Waals surface area contributed by atoms with Crippen molar-refractivity contribution in [2.75, 3.05) is 20.8 Å². The van der Waals surface area contributed by atoms with E-state index >= 15 is 0 Å². The van der Waals surface area contributed by atoms with Crippen molar-refractivity contribution in [3.05, 3.63) is 65.9 Å². The van der Waals surface area contributed by atoms with Gasteiger partial charge in [0.15, 0.2) is 6.61 Å². The topological polar surface area (TPSA) is 71.6 Å². The van der Waals surface area contributed by atoms with Crippen molar-refractivity contribution in [2.45, 2.75) is 13.0 Å². The maximum absolute atomic E-state index is 12.3. The summed E-state index contributed by atoms with van der Waals surface area (Å²) in [5.74, 6) is 0.0143. The van der Waals surface area contributed by atoms with Crippen LogP contribution in [0.5, 0.6) is 5.75 Å². The van der Waals surface area contributed by atoms with Gasteiger partial charge in [0.1, 0.15) is 5.75 Å². The number of likely N-dealkylation sites (N-methyl/N-ethyl adjacent to an activating group) is 1. The molecular formula is C21H22N2O4. The molecule has 0 saturated carbocycles. The summed E-state index contributed by atoms with van der Waals surface area (Å²) in [7, 11) is 3.26. The highest BCUT2D eigenvalue weighted by atomic mass is 16.5. The Bertz CT molecular complexity index is 948. The van der Waals surface area contributed by atoms with E-state index in [0.717, 1.165) is 22.0 Å². The van der Waals surface area contributed by atoms with Crippen LogP contribution < -0.4 is 4.74 Å². The Hall–Kier alpha value is -3.28. The van der Waals surface area contributed by atoms with E-state index in [1.54, 1.807) is 20.4 Å². The van der Waals surface area contributed by atoms with Crippen LogP contribution in [0.2, 0.25) is 0 Å². The fourth-order valence-corrected chi connectivity index (χ4v) is 2.91. The molecule has 1 N–H and O–H groups in total. The van der Waals surface area contributed by atoms with Gasteiger partial charge in [-0.3, -0.25) is 9.59 Å². The summed E-state index contributed by atoms with van der Waals surface area (Å²) < 4.78 is 10.5. The van der Waals surface area contributed by atoms with Gasteiger partial charge < -0.3 is 19.4 Å². The van der Waals surface area contributed by atoms with Crippen LogP contribution in [0.1, 0.15) is 11.1 Å². The second-order valence-corrected chi connectivity index (χ2v) is 6.26. The van der Waals surface area contributed by atoms with E-state index in [2.05, 4.69) is 4.98 Å². The van der Waals surface area contributed by atoms with E-state index in [4.69, 9.17) is 9.47 Å². The molecule has 0 aliphatic carbocycles. The number of H-pyrrole nitrogens is 1. The first-order chi connectivity index (χ1) is 13.1. The first kappa shape index (κ1) is 18.5. The molecule has 0 bridgehead atoms. The van der Waals surface area contributed by atoms with Gasteiger partial charge in [0.2, 0.25) is 0 Å². The second kappa shape index (κ2) is 8.40. The number of aromatic nitrogens is 1. The number of fused-ring (bicyclic) bond motifs is 1. The Labute approximate surface area is 157 Å². The molecule has 0 atom stereocenters. The largest absolute Gasteiger partial charge is 0.496 e. The molecule has 0 aliphatic heterocycles. The third kappa shape index (κ3) is 4.47. The summed E-state index contributed by atoms with van der Waals surface area (Å²) in [4.78, 5) is 29.0. The lowest BCUT2D eigenvalue weighted by molar-refractivity contribution is -0.151. The first-order valence-corrected chi connectivity index (χ1v) is 8.65. The van der Waals surface area contributed by atoms with E-state index in [1.807, 2.05) is 48.5 Å². The number of nitrogens with one attached hydrogen (secondary N) is 1. The number of aromatic amines is 1. The normalized spacial score (nSPS) is 10.6. The summed E-state index contributed by atoms with van der Waals surface area (Å²) in [6, 6.07) is 15.2. The Morgan fingerprint density at radius 3 is 2.59 bits per heavy atom. The van der Waals surface area contributed by atoms with Crippen LogP contribution in [-0.4, -0.2) is 42.5 Å². The predicted octanol–water partition coefficient (Wildman–Crippen LogP) is 2.92. The van der Waals surface area contributed by atoms with Gasteiger partial charge in [-0.1, -0.05) is 36.4 Å². The fraction of sp³-hybridized carbons (Fsp3) is 0.238. The lowest BCUT2D eigenvalue weighted by Crippen LogP contribution is -2.31. The minimum atomic E-state index is -0.432. The van der Waals surface area contributed by atoms with Crippen LogP contribution in [-0.2, 0) is 27.3 Å². The molecule has 27 heavy (non-hydrogen) atoms. The van der Waals surface area contributed by atoms with Crippen molar-refractivity contribution in [3.8, 4) is 5.75 Å². The van der Waals surface area contributed by atoms with Gasteiger partial charge >= 0.3 is 5.97 Å². The Balaban J connectivity index is 1.53. The summed E-state index contributed by atoms with van der Waals surface area (Å²) in [5.41, 5.74) is 2.71. The molecule has 1 aromatic heterocycles. The maximum atomic E-state index is 12.3. The Morgan fingerprint density at radius 1 is 1.04 bits per heavy atom. The smallest absolute Gasteiger partial charge is 0.310 e. The molecule has 2 aromatic carbocycles. The summed E-state index contributed by atoms with van der Waals surface area (Å²) in [5, 5.41) is 0.981. The van der Waals surface area contributed by atoms with E-state index in [1.165, 1.54) is 4.90 Å². The number of carbonyl (C=O) groups is 2. The van der Waals surface area contributed by atoms with Crippen LogP contribution in [0.15, 0.2) is 54.7 Å². The molecule has 3 rings (SSSR count). The van der Waals surface area contributed by atoms with Crippen LogP contribution in [0.4, 0.5) is 0 Å². The zero-order valence-electron chi connectivity index (χ0n) is 15.4. The summed E-state index contributed by atoms with van der Waals surface area (Å²) in [6.45, 7) is 0.0929. The van der Waals surface area contributed by atoms with E-state index in [9.17, 15) is 9.59 Å². The van der Waals surface area contributed by atoms with Crippen molar-refractivity contribution in [2.24, 2.45) is 0 Å². The third-order valence-electron chi connectivity index (χ3n) is 4.39. The van der Waals surface area contributed by atoms with Gasteiger partial charge in [0, 0.05) is 36.3 Å². The standard InChI is InChI=1S/C21H22N2O4/c1-23(13-15-7-3-6-10-19(15)26-2)20(24)14-27-21(25)11-16-12-22-18-9-5-4-8-17(16)18/h3-10,12,22H,11,13-14H2,1-2H3. The number of benzene rings is 2. The SMILES string of the molecule is COc1ccccc1CN(C)C(=O)COC(=O)Cc1c[nH]c2ccccc12. The molecule has 6 heteroatoms. The number of hydrogen-bond acceptors (Lipinski definition) is 4. The molecule has 0 fully saturated rings. The zero-order valence-corrected chi connectivity index (χ0v) is 15.4. The van der Waals surface area contributed by atoms with Crippen LogP contribution in [0.3, 0.4) is 0 Å². The molecule has 1 amide bonds. The highest BCUT2D eigenvalue weighted by Gasteiger charge is 2.15. The Morgan fingerprint density at radius 2 is 1.78 bits per heavy atom. The van der Waals surface area contributed by atoms with Gasteiger partial charge in [-0.15, -0.1) is 0 Å². The molecule has 0 saturated heterocycles. The van der Waals surface area contributed by atoms with Gasteiger partial charge in [-0.2, -0.15) is 0 Å². The Kier molecular flexibility index (Phi) is 5.76. The molecule has 0 unspecified atom stereocenters. The molecule has 0 spiro atoms. The number of carbonyl (C=O) groups excluding carboxylic acids is 2. The van der Waals surface area contributed by atoms with Crippen LogP contribution >= 0.6 is 0 Å². The number of hydrogen-bond donors (Lipinski definition) is 1. The molecule has 1 heterocycles. The maximum Gasteiger partial charge on any atom is 0.310 e. The average Bonchev–Trinajstić information content (AvgIpc) is 3.09. The van der Waals surface area contributed by atoms with Crippen LogP contribution in [0.25, 0.3) is 10.9 Å². The highest BCUT2D eigenvalue weighted by molar-refractivity contribution is 5.88. The first-order valence-electron chi connectivity index (χ1n) is 8.65. The van der Waals surface area contributed by atoms with E-state index in [0.29, 0.717) is 12.3 Å². The number of esters is 1. The quantitative estimate of drug-likeness (QED) is 0.653. The molecular weight excluding hydrogens is 344 g/mol. The number of rotatable bonds is 7. The minimum absolute atomic E-state index is 0.119. The number of nitrogens with zero attached hydrogens (tertiary/aromatic N) is 1.